The van der Waals surface area contributed by atoms with E-state index in [0.29, 0.717) is 6.20 Å². The van der Waals surface area contributed by atoms with Gasteiger partial charge in [-0.15, -0.1) is 0 Å². The molecule has 2 rings (SSSR count). The van der Waals surface area contributed by atoms with Crippen LogP contribution in [0.3, 0.4) is 0 Å². The van der Waals surface area contributed by atoms with Crippen LogP contribution in [0.1, 0.15) is 11.5 Å². The SMILES string of the molecule is O=[N+]([O-])c1ccccc1OCc1ncc(C(F)(F)F)[nH]1. The summed E-state index contributed by atoms with van der Waals surface area (Å²) in [5.74, 6) is -0.113. The van der Waals surface area contributed by atoms with Gasteiger partial charge in [0.05, 0.1) is 11.1 Å². The third-order valence-corrected chi connectivity index (χ3v) is 2.36. The number of para-hydroxylation sites is 2. The van der Waals surface area contributed by atoms with Crippen molar-refractivity contribution in [1.29, 1.82) is 0 Å². The fraction of sp³-hybridized carbons (Fsp3) is 0.182. The number of alkyl halides is 3. The fourth-order valence-electron chi connectivity index (χ4n) is 1.46. The summed E-state index contributed by atoms with van der Waals surface area (Å²) in [5.41, 5.74) is -1.27. The van der Waals surface area contributed by atoms with Gasteiger partial charge < -0.3 is 9.72 Å². The molecule has 0 saturated heterocycles. The maximum absolute atomic E-state index is 12.3. The Labute approximate surface area is 110 Å². The van der Waals surface area contributed by atoms with Gasteiger partial charge in [0.25, 0.3) is 0 Å². The van der Waals surface area contributed by atoms with E-state index in [4.69, 9.17) is 4.74 Å². The van der Waals surface area contributed by atoms with Gasteiger partial charge in [0.1, 0.15) is 18.1 Å². The molecule has 0 aliphatic carbocycles. The Hall–Kier alpha value is -2.58. The van der Waals surface area contributed by atoms with Crippen molar-refractivity contribution in [2.75, 3.05) is 0 Å². The molecule has 106 valence electrons. The summed E-state index contributed by atoms with van der Waals surface area (Å²) in [6.45, 7) is -0.332. The van der Waals surface area contributed by atoms with Crippen molar-refractivity contribution in [3.63, 3.8) is 0 Å². The lowest BCUT2D eigenvalue weighted by atomic mass is 10.3. The third kappa shape index (κ3) is 3.05. The molecule has 6 nitrogen and oxygen atoms in total. The van der Waals surface area contributed by atoms with Gasteiger partial charge in [0, 0.05) is 6.07 Å². The van der Waals surface area contributed by atoms with Gasteiger partial charge in [-0.3, -0.25) is 10.1 Å². The summed E-state index contributed by atoms with van der Waals surface area (Å²) in [5, 5.41) is 10.7. The number of ether oxygens (including phenoxy) is 1. The van der Waals surface area contributed by atoms with E-state index in [2.05, 4.69) is 4.98 Å². The lowest BCUT2D eigenvalue weighted by Crippen LogP contribution is -2.06. The number of nitro benzene ring substituents is 1. The molecule has 0 amide bonds. The van der Waals surface area contributed by atoms with Gasteiger partial charge in [-0.25, -0.2) is 4.98 Å². The summed E-state index contributed by atoms with van der Waals surface area (Å²) in [6.07, 6.45) is -3.89. The molecule has 0 aliphatic heterocycles. The predicted octanol–water partition coefficient (Wildman–Crippen LogP) is 2.92. The Kier molecular flexibility index (Phi) is 3.59. The second-order valence-electron chi connectivity index (χ2n) is 3.75. The summed E-state index contributed by atoms with van der Waals surface area (Å²) in [6, 6.07) is 5.57. The average molecular weight is 287 g/mol. The van der Waals surface area contributed by atoms with Crippen molar-refractivity contribution in [1.82, 2.24) is 9.97 Å². The quantitative estimate of drug-likeness (QED) is 0.692. The van der Waals surface area contributed by atoms with Crippen LogP contribution in [-0.4, -0.2) is 14.9 Å². The molecule has 0 atom stereocenters. The number of H-pyrrole nitrogens is 1. The van der Waals surface area contributed by atoms with Crippen molar-refractivity contribution >= 4 is 5.69 Å². The number of nitrogens with one attached hydrogen (secondary N) is 1. The van der Waals surface area contributed by atoms with Crippen LogP contribution in [0.15, 0.2) is 30.5 Å². The number of halogens is 3. The molecule has 1 aromatic carbocycles. The standard InChI is InChI=1S/C11H8F3N3O3/c12-11(13,14)9-5-15-10(16-9)6-20-8-4-2-1-3-7(8)17(18)19/h1-5H,6H2,(H,15,16). The molecule has 0 spiro atoms. The highest BCUT2D eigenvalue weighted by atomic mass is 19.4. The summed E-state index contributed by atoms with van der Waals surface area (Å²) in [7, 11) is 0. The van der Waals surface area contributed by atoms with E-state index in [1.54, 1.807) is 0 Å². The van der Waals surface area contributed by atoms with Gasteiger partial charge in [0.15, 0.2) is 5.75 Å². The lowest BCUT2D eigenvalue weighted by molar-refractivity contribution is -0.385. The van der Waals surface area contributed by atoms with E-state index in [1.165, 1.54) is 24.3 Å². The molecule has 0 fully saturated rings. The second-order valence-corrected chi connectivity index (χ2v) is 3.75. The molecular weight excluding hydrogens is 279 g/mol. The minimum absolute atomic E-state index is 0.0394. The molecule has 0 saturated carbocycles. The number of hydrogen-bond acceptors (Lipinski definition) is 4. The van der Waals surface area contributed by atoms with Gasteiger partial charge in [-0.05, 0) is 6.07 Å². The van der Waals surface area contributed by atoms with E-state index in [0.717, 1.165) is 0 Å². The second kappa shape index (κ2) is 5.19. The van der Waals surface area contributed by atoms with Crippen molar-refractivity contribution in [3.05, 3.63) is 52.1 Å². The largest absolute Gasteiger partial charge is 0.479 e. The zero-order valence-corrected chi connectivity index (χ0v) is 9.85. The van der Waals surface area contributed by atoms with Gasteiger partial charge in [0.2, 0.25) is 0 Å². The first kappa shape index (κ1) is 13.8. The van der Waals surface area contributed by atoms with E-state index in [9.17, 15) is 23.3 Å². The topological polar surface area (TPSA) is 81.1 Å². The molecule has 1 heterocycles. The highest BCUT2D eigenvalue weighted by molar-refractivity contribution is 5.45. The molecule has 0 unspecified atom stereocenters. The molecule has 1 aromatic heterocycles. The lowest BCUT2D eigenvalue weighted by Gasteiger charge is -2.05. The number of benzene rings is 1. The number of rotatable bonds is 4. The van der Waals surface area contributed by atoms with Crippen LogP contribution in [0, 0.1) is 10.1 Å². The monoisotopic (exact) mass is 287 g/mol. The van der Waals surface area contributed by atoms with Gasteiger partial charge in [-0.1, -0.05) is 12.1 Å². The molecule has 2 aromatic rings. The molecule has 9 heteroatoms. The highest BCUT2D eigenvalue weighted by Crippen LogP contribution is 2.28. The molecule has 1 N–H and O–H groups in total. The van der Waals surface area contributed by atoms with Crippen molar-refractivity contribution in [2.24, 2.45) is 0 Å². The smallest absolute Gasteiger partial charge is 0.432 e. The number of hydrogen-bond donors (Lipinski definition) is 1. The van der Waals surface area contributed by atoms with E-state index in [-0.39, 0.29) is 23.9 Å². The predicted molar refractivity (Wildman–Crippen MR) is 61.0 cm³/mol. The molecule has 0 aliphatic rings. The van der Waals surface area contributed by atoms with Crippen LogP contribution in [-0.2, 0) is 12.8 Å². The molecule has 0 radical (unpaired) electrons. The van der Waals surface area contributed by atoms with Crippen LogP contribution >= 0.6 is 0 Å². The molecule has 0 bridgehead atoms. The Morgan fingerprint density at radius 2 is 2.05 bits per heavy atom. The first-order valence-corrected chi connectivity index (χ1v) is 5.35. The van der Waals surface area contributed by atoms with E-state index in [1.807, 2.05) is 4.98 Å². The zero-order chi connectivity index (χ0) is 14.8. The first-order chi connectivity index (χ1) is 9.38. The summed E-state index contributed by atoms with van der Waals surface area (Å²) < 4.78 is 42.1. The Balaban J connectivity index is 2.10. The summed E-state index contributed by atoms with van der Waals surface area (Å²) >= 11 is 0. The number of nitrogens with zero attached hydrogens (tertiary/aromatic N) is 2. The van der Waals surface area contributed by atoms with Crippen LogP contribution in [0.4, 0.5) is 18.9 Å². The van der Waals surface area contributed by atoms with Gasteiger partial charge in [-0.2, -0.15) is 13.2 Å². The molecule has 20 heavy (non-hydrogen) atoms. The molecular formula is C11H8F3N3O3. The van der Waals surface area contributed by atoms with Crippen LogP contribution in [0.5, 0.6) is 5.75 Å². The average Bonchev–Trinajstić information content (AvgIpc) is 2.85. The maximum Gasteiger partial charge on any atom is 0.432 e. The first-order valence-electron chi connectivity index (χ1n) is 5.35. The van der Waals surface area contributed by atoms with Crippen LogP contribution in [0.25, 0.3) is 0 Å². The van der Waals surface area contributed by atoms with Gasteiger partial charge >= 0.3 is 11.9 Å². The van der Waals surface area contributed by atoms with Crippen molar-refractivity contribution < 1.29 is 22.8 Å². The normalized spacial score (nSPS) is 11.3. The van der Waals surface area contributed by atoms with Crippen LogP contribution in [0.2, 0.25) is 0 Å². The summed E-state index contributed by atoms with van der Waals surface area (Å²) in [4.78, 5) is 15.6. The number of aromatic nitrogens is 2. The number of aromatic amines is 1. The zero-order valence-electron chi connectivity index (χ0n) is 9.85. The number of imidazole rings is 1. The maximum atomic E-state index is 12.3. The fourth-order valence-corrected chi connectivity index (χ4v) is 1.46. The van der Waals surface area contributed by atoms with Crippen LogP contribution < -0.4 is 4.74 Å². The van der Waals surface area contributed by atoms with E-state index >= 15 is 0 Å². The Morgan fingerprint density at radius 3 is 2.65 bits per heavy atom. The van der Waals surface area contributed by atoms with Crippen molar-refractivity contribution in [3.8, 4) is 5.75 Å². The highest BCUT2D eigenvalue weighted by Gasteiger charge is 2.33. The minimum Gasteiger partial charge on any atom is -0.479 e. The van der Waals surface area contributed by atoms with E-state index < -0.39 is 16.8 Å². The number of nitro groups is 1. The van der Waals surface area contributed by atoms with Crippen molar-refractivity contribution in [2.45, 2.75) is 12.8 Å². The minimum atomic E-state index is -4.52. The Morgan fingerprint density at radius 1 is 1.35 bits per heavy atom. The Bertz CT molecular complexity index is 625. The third-order valence-electron chi connectivity index (χ3n) is 2.36.